The zero-order valence-electron chi connectivity index (χ0n) is 13.9. The van der Waals surface area contributed by atoms with Gasteiger partial charge in [0.05, 0.1) is 18.6 Å². The third kappa shape index (κ3) is 7.21. The molecule has 0 aliphatic heterocycles. The predicted molar refractivity (Wildman–Crippen MR) is 80.4 cm³/mol. The predicted octanol–water partition coefficient (Wildman–Crippen LogP) is 2.31. The highest BCUT2D eigenvalue weighted by atomic mass is 32.2. The van der Waals surface area contributed by atoms with Gasteiger partial charge in [0, 0.05) is 0 Å². The molecule has 0 spiro atoms. The summed E-state index contributed by atoms with van der Waals surface area (Å²) in [6.45, 7) is 15.6. The molecule has 0 rings (SSSR count). The second-order valence-electron chi connectivity index (χ2n) is 6.11. The summed E-state index contributed by atoms with van der Waals surface area (Å²) in [5, 5.41) is 0. The number of nitrogens with zero attached hydrogens (tertiary/aromatic N) is 1. The lowest BCUT2D eigenvalue weighted by molar-refractivity contribution is -0.849. The van der Waals surface area contributed by atoms with Gasteiger partial charge in [-0.2, -0.15) is 0 Å². The number of rotatable bonds is 4. The lowest BCUT2D eigenvalue weighted by Gasteiger charge is -2.44. The molecule has 0 heterocycles. The van der Waals surface area contributed by atoms with Crippen molar-refractivity contribution in [3.63, 3.8) is 0 Å². The summed E-state index contributed by atoms with van der Waals surface area (Å²) in [5.74, 6) is 0. The van der Waals surface area contributed by atoms with Crippen molar-refractivity contribution in [2.45, 2.75) is 73.1 Å². The molecule has 1 atom stereocenters. The van der Waals surface area contributed by atoms with Gasteiger partial charge in [0.2, 0.25) is 0 Å². The quantitative estimate of drug-likeness (QED) is 0.637. The van der Waals surface area contributed by atoms with Crippen LogP contribution in [0.3, 0.4) is 0 Å². The van der Waals surface area contributed by atoms with Gasteiger partial charge in [-0.3, -0.25) is 0 Å². The van der Waals surface area contributed by atoms with Crippen LogP contribution >= 0.6 is 0 Å². The van der Waals surface area contributed by atoms with Gasteiger partial charge in [0.15, 0.2) is 0 Å². The SMILES string of the molecule is CC(C)(C)OC(N)=O.CC[N+](C(C)C)(C(C)C)S(=O)[O-]. The standard InChI is InChI=1S/C8H19NO2S.C5H11NO2/c1-6-9(7(2)3,8(4)5)12(10)11;1-5(2,3)8-4(6)7/h7-8H,6H2,1-5H3;1-3H3,(H2,6,7). The Morgan fingerprint density at radius 1 is 1.25 bits per heavy atom. The lowest BCUT2D eigenvalue weighted by atomic mass is 10.2. The van der Waals surface area contributed by atoms with E-state index in [0.29, 0.717) is 6.54 Å². The molecule has 122 valence electrons. The first-order chi connectivity index (χ1) is 8.81. The summed E-state index contributed by atoms with van der Waals surface area (Å²) in [6, 6.07) is 0.238. The molecule has 7 heteroatoms. The minimum atomic E-state index is -2.03. The molecule has 0 saturated carbocycles. The molecular formula is C13H30N2O4S. The third-order valence-corrected chi connectivity index (χ3v) is 4.58. The normalized spacial score (nSPS) is 13.8. The number of carbonyl (C=O) groups excluding carboxylic acids is 1. The zero-order valence-corrected chi connectivity index (χ0v) is 14.7. The van der Waals surface area contributed by atoms with Crippen molar-refractivity contribution in [2.75, 3.05) is 6.54 Å². The summed E-state index contributed by atoms with van der Waals surface area (Å²) >= 11 is -2.03. The van der Waals surface area contributed by atoms with Crippen LogP contribution in [-0.4, -0.2) is 43.0 Å². The van der Waals surface area contributed by atoms with E-state index < -0.39 is 23.0 Å². The maximum atomic E-state index is 11.1. The van der Waals surface area contributed by atoms with Crippen LogP contribution in [0.25, 0.3) is 0 Å². The molecule has 0 aromatic heterocycles. The second-order valence-corrected chi connectivity index (χ2v) is 7.22. The average molecular weight is 310 g/mol. The van der Waals surface area contributed by atoms with E-state index in [-0.39, 0.29) is 16.0 Å². The summed E-state index contributed by atoms with van der Waals surface area (Å²) in [7, 11) is 0. The Morgan fingerprint density at radius 2 is 1.60 bits per heavy atom. The Hall–Kier alpha value is -0.660. The van der Waals surface area contributed by atoms with E-state index in [9.17, 15) is 13.6 Å². The molecule has 0 aromatic rings. The van der Waals surface area contributed by atoms with Crippen LogP contribution in [0.1, 0.15) is 55.4 Å². The largest absolute Gasteiger partial charge is 0.724 e. The van der Waals surface area contributed by atoms with E-state index in [1.165, 1.54) is 0 Å². The first kappa shape index (κ1) is 21.6. The molecular weight excluding hydrogens is 280 g/mol. The van der Waals surface area contributed by atoms with Gasteiger partial charge >= 0.3 is 6.09 Å². The molecule has 6 nitrogen and oxygen atoms in total. The highest BCUT2D eigenvalue weighted by molar-refractivity contribution is 7.73. The minimum absolute atomic E-state index is 0.119. The van der Waals surface area contributed by atoms with Gasteiger partial charge in [-0.1, -0.05) is 0 Å². The van der Waals surface area contributed by atoms with E-state index in [2.05, 4.69) is 4.74 Å². The maximum absolute atomic E-state index is 11.1. The van der Waals surface area contributed by atoms with Crippen molar-refractivity contribution in [2.24, 2.45) is 5.73 Å². The fourth-order valence-electron chi connectivity index (χ4n) is 2.08. The minimum Gasteiger partial charge on any atom is -0.724 e. The first-order valence-corrected chi connectivity index (χ1v) is 7.80. The Labute approximate surface area is 125 Å². The third-order valence-electron chi connectivity index (χ3n) is 2.93. The van der Waals surface area contributed by atoms with E-state index in [1.807, 2.05) is 34.6 Å². The maximum Gasteiger partial charge on any atom is 0.405 e. The van der Waals surface area contributed by atoms with Gasteiger partial charge in [-0.05, 0) is 55.4 Å². The molecule has 0 saturated heterocycles. The smallest absolute Gasteiger partial charge is 0.405 e. The summed E-state index contributed by atoms with van der Waals surface area (Å²) in [4.78, 5) is 10.0. The van der Waals surface area contributed by atoms with Gasteiger partial charge in [-0.25, -0.2) is 12.9 Å². The van der Waals surface area contributed by atoms with Crippen molar-refractivity contribution < 1.29 is 22.2 Å². The van der Waals surface area contributed by atoms with Crippen molar-refractivity contribution in [1.29, 1.82) is 0 Å². The summed E-state index contributed by atoms with van der Waals surface area (Å²) in [6.07, 6.45) is -0.725. The van der Waals surface area contributed by atoms with Crippen LogP contribution in [0.5, 0.6) is 0 Å². The number of quaternary nitrogens is 1. The van der Waals surface area contributed by atoms with Gasteiger partial charge in [-0.15, -0.1) is 0 Å². The molecule has 20 heavy (non-hydrogen) atoms. The first-order valence-electron chi connectivity index (χ1n) is 6.77. The van der Waals surface area contributed by atoms with Gasteiger partial charge in [0.25, 0.3) is 0 Å². The average Bonchev–Trinajstić information content (AvgIpc) is 2.13. The number of hydrogen-bond donors (Lipinski definition) is 1. The highest BCUT2D eigenvalue weighted by Gasteiger charge is 2.34. The topological polar surface area (TPSA) is 92.5 Å². The van der Waals surface area contributed by atoms with Crippen molar-refractivity contribution in [3.8, 4) is 0 Å². The number of primary amides is 1. The van der Waals surface area contributed by atoms with Crippen molar-refractivity contribution >= 4 is 17.4 Å². The second kappa shape index (κ2) is 8.59. The summed E-state index contributed by atoms with van der Waals surface area (Å²) < 4.78 is 26.9. The fraction of sp³-hybridized carbons (Fsp3) is 0.923. The monoisotopic (exact) mass is 310 g/mol. The van der Waals surface area contributed by atoms with Crippen LogP contribution in [0.2, 0.25) is 0 Å². The number of amides is 1. The molecule has 0 aliphatic carbocycles. The van der Waals surface area contributed by atoms with Crippen LogP contribution in [0.15, 0.2) is 0 Å². The Morgan fingerprint density at radius 3 is 1.60 bits per heavy atom. The molecule has 0 fully saturated rings. The Kier molecular flexibility index (Phi) is 9.29. The van der Waals surface area contributed by atoms with Gasteiger partial charge < -0.3 is 15.0 Å². The number of hydrogen-bond acceptors (Lipinski definition) is 4. The van der Waals surface area contributed by atoms with Crippen LogP contribution in [0, 0.1) is 0 Å². The van der Waals surface area contributed by atoms with E-state index in [1.54, 1.807) is 20.8 Å². The van der Waals surface area contributed by atoms with E-state index in [0.717, 1.165) is 0 Å². The molecule has 0 aliphatic rings. The molecule has 0 aromatic carbocycles. The highest BCUT2D eigenvalue weighted by Crippen LogP contribution is 2.21. The number of nitrogens with two attached hydrogens (primary N) is 1. The summed E-state index contributed by atoms with van der Waals surface area (Å²) in [5.41, 5.74) is 4.26. The molecule has 1 amide bonds. The van der Waals surface area contributed by atoms with Crippen molar-refractivity contribution in [1.82, 2.24) is 0 Å². The number of carbonyl (C=O) groups is 1. The van der Waals surface area contributed by atoms with Crippen LogP contribution in [-0.2, 0) is 16.0 Å². The van der Waals surface area contributed by atoms with E-state index in [4.69, 9.17) is 5.73 Å². The molecule has 2 N–H and O–H groups in total. The van der Waals surface area contributed by atoms with Crippen LogP contribution < -0.4 is 5.73 Å². The number of ether oxygens (including phenoxy) is 1. The molecule has 1 unspecified atom stereocenters. The lowest BCUT2D eigenvalue weighted by Crippen LogP contribution is -2.58. The zero-order chi connectivity index (χ0) is 16.7. The Bertz CT molecular complexity index is 317. The molecule has 0 bridgehead atoms. The molecule has 0 radical (unpaired) electrons. The van der Waals surface area contributed by atoms with Crippen molar-refractivity contribution in [3.05, 3.63) is 0 Å². The Balaban J connectivity index is 0. The fourth-order valence-corrected chi connectivity index (χ4v) is 2.98. The van der Waals surface area contributed by atoms with Gasteiger partial charge in [0.1, 0.15) is 16.9 Å². The van der Waals surface area contributed by atoms with Crippen LogP contribution in [0.4, 0.5) is 4.79 Å². The van der Waals surface area contributed by atoms with E-state index >= 15 is 0 Å².